The summed E-state index contributed by atoms with van der Waals surface area (Å²) in [6.45, 7) is 0.603. The van der Waals surface area contributed by atoms with Gasteiger partial charge in [-0.05, 0) is 17.7 Å². The predicted molar refractivity (Wildman–Crippen MR) is 83.2 cm³/mol. The maximum Gasteiger partial charge on any atom is 0.128 e. The van der Waals surface area contributed by atoms with Crippen LogP contribution >= 0.6 is 23.2 Å². The van der Waals surface area contributed by atoms with Crippen molar-refractivity contribution in [2.75, 3.05) is 0 Å². The maximum absolute atomic E-state index is 6.25. The second-order valence-corrected chi connectivity index (χ2v) is 5.33. The number of hydrogen-bond acceptors (Lipinski definition) is 1. The molecule has 0 spiro atoms. The number of benzene rings is 2. The lowest BCUT2D eigenvalue weighted by Crippen LogP contribution is -2.01. The first-order valence-electron chi connectivity index (χ1n) is 6.25. The average Bonchev–Trinajstić information content (AvgIpc) is 2.81. The van der Waals surface area contributed by atoms with Gasteiger partial charge in [0.15, 0.2) is 0 Å². The van der Waals surface area contributed by atoms with Crippen LogP contribution in [0.2, 0.25) is 10.2 Å². The highest BCUT2D eigenvalue weighted by molar-refractivity contribution is 6.30. The molecular formula is C16H12Cl2N2. The molecule has 0 fully saturated rings. The maximum atomic E-state index is 6.25. The van der Waals surface area contributed by atoms with Crippen LogP contribution in [-0.2, 0) is 6.54 Å². The second kappa shape index (κ2) is 5.70. The highest BCUT2D eigenvalue weighted by atomic mass is 35.5. The third-order valence-electron chi connectivity index (χ3n) is 3.02. The normalized spacial score (nSPS) is 10.7. The van der Waals surface area contributed by atoms with Gasteiger partial charge in [0.25, 0.3) is 0 Å². The molecule has 20 heavy (non-hydrogen) atoms. The Morgan fingerprint density at radius 3 is 2.45 bits per heavy atom. The summed E-state index contributed by atoms with van der Waals surface area (Å²) < 4.78 is 1.77. The van der Waals surface area contributed by atoms with Crippen LogP contribution in [0.3, 0.4) is 0 Å². The van der Waals surface area contributed by atoms with Crippen molar-refractivity contribution < 1.29 is 0 Å². The van der Waals surface area contributed by atoms with E-state index in [1.165, 1.54) is 0 Å². The molecule has 2 nitrogen and oxygen atoms in total. The van der Waals surface area contributed by atoms with Gasteiger partial charge in [0.1, 0.15) is 5.15 Å². The van der Waals surface area contributed by atoms with Gasteiger partial charge in [0.05, 0.1) is 12.2 Å². The number of aromatic nitrogens is 2. The summed E-state index contributed by atoms with van der Waals surface area (Å²) in [6.07, 6.45) is 0. The van der Waals surface area contributed by atoms with Crippen LogP contribution in [0.5, 0.6) is 0 Å². The molecule has 2 aromatic carbocycles. The molecular weight excluding hydrogens is 291 g/mol. The Bertz CT molecular complexity index is 720. The summed E-state index contributed by atoms with van der Waals surface area (Å²) in [4.78, 5) is 0. The lowest BCUT2D eigenvalue weighted by Gasteiger charge is -2.04. The van der Waals surface area contributed by atoms with E-state index in [2.05, 4.69) is 5.10 Å². The van der Waals surface area contributed by atoms with Crippen LogP contribution in [0.4, 0.5) is 0 Å². The fourth-order valence-electron chi connectivity index (χ4n) is 2.06. The third-order valence-corrected chi connectivity index (χ3v) is 3.56. The van der Waals surface area contributed by atoms with Gasteiger partial charge in [0.2, 0.25) is 0 Å². The largest absolute Gasteiger partial charge is 0.249 e. The summed E-state index contributed by atoms with van der Waals surface area (Å²) in [5.74, 6) is 0. The average molecular weight is 303 g/mol. The second-order valence-electron chi connectivity index (χ2n) is 4.51. The molecule has 100 valence electrons. The van der Waals surface area contributed by atoms with Gasteiger partial charge in [0, 0.05) is 16.7 Å². The number of rotatable bonds is 3. The number of nitrogens with zero attached hydrogens (tertiary/aromatic N) is 2. The van der Waals surface area contributed by atoms with E-state index >= 15 is 0 Å². The zero-order valence-electron chi connectivity index (χ0n) is 10.6. The van der Waals surface area contributed by atoms with Crippen molar-refractivity contribution in [1.82, 2.24) is 9.78 Å². The van der Waals surface area contributed by atoms with Gasteiger partial charge in [-0.25, -0.2) is 4.68 Å². The molecule has 0 aliphatic heterocycles. The standard InChI is InChI=1S/C16H12Cl2N2/c17-14-8-4-5-12(9-14)11-20-16(18)10-15(19-20)13-6-2-1-3-7-13/h1-10H,11H2. The fourth-order valence-corrected chi connectivity index (χ4v) is 2.48. The van der Waals surface area contributed by atoms with Crippen LogP contribution in [0.1, 0.15) is 5.56 Å². The molecule has 0 unspecified atom stereocenters. The molecule has 0 saturated carbocycles. The molecule has 0 aliphatic carbocycles. The van der Waals surface area contributed by atoms with Gasteiger partial charge in [-0.3, -0.25) is 0 Å². The van der Waals surface area contributed by atoms with Gasteiger partial charge >= 0.3 is 0 Å². The summed E-state index contributed by atoms with van der Waals surface area (Å²) in [5, 5.41) is 5.88. The van der Waals surface area contributed by atoms with Crippen molar-refractivity contribution in [2.24, 2.45) is 0 Å². The van der Waals surface area contributed by atoms with Crippen molar-refractivity contribution in [2.45, 2.75) is 6.54 Å². The lowest BCUT2D eigenvalue weighted by molar-refractivity contribution is 0.690. The molecule has 0 N–H and O–H groups in total. The van der Waals surface area contributed by atoms with E-state index in [0.717, 1.165) is 16.8 Å². The van der Waals surface area contributed by atoms with Gasteiger partial charge in [-0.1, -0.05) is 65.7 Å². The van der Waals surface area contributed by atoms with E-state index in [1.54, 1.807) is 4.68 Å². The summed E-state index contributed by atoms with van der Waals surface area (Å²) in [7, 11) is 0. The number of hydrogen-bond donors (Lipinski definition) is 0. The van der Waals surface area contributed by atoms with Crippen LogP contribution in [-0.4, -0.2) is 9.78 Å². The van der Waals surface area contributed by atoms with E-state index in [0.29, 0.717) is 16.7 Å². The van der Waals surface area contributed by atoms with Crippen molar-refractivity contribution in [3.63, 3.8) is 0 Å². The van der Waals surface area contributed by atoms with E-state index in [-0.39, 0.29) is 0 Å². The summed E-state index contributed by atoms with van der Waals surface area (Å²) in [5.41, 5.74) is 3.00. The Labute approximate surface area is 127 Å². The van der Waals surface area contributed by atoms with Crippen LogP contribution in [0.15, 0.2) is 60.7 Å². The Morgan fingerprint density at radius 1 is 0.900 bits per heavy atom. The first-order valence-corrected chi connectivity index (χ1v) is 7.01. The van der Waals surface area contributed by atoms with Crippen molar-refractivity contribution in [3.8, 4) is 11.3 Å². The van der Waals surface area contributed by atoms with Crippen LogP contribution < -0.4 is 0 Å². The molecule has 0 amide bonds. The Balaban J connectivity index is 1.90. The molecule has 1 aromatic heterocycles. The van der Waals surface area contributed by atoms with Crippen molar-refractivity contribution in [1.29, 1.82) is 0 Å². The van der Waals surface area contributed by atoms with Gasteiger partial charge in [-0.15, -0.1) is 0 Å². The van der Waals surface area contributed by atoms with Gasteiger partial charge < -0.3 is 0 Å². The lowest BCUT2D eigenvalue weighted by atomic mass is 10.2. The minimum Gasteiger partial charge on any atom is -0.249 e. The zero-order chi connectivity index (χ0) is 13.9. The van der Waals surface area contributed by atoms with Crippen LogP contribution in [0.25, 0.3) is 11.3 Å². The van der Waals surface area contributed by atoms with E-state index in [9.17, 15) is 0 Å². The SMILES string of the molecule is Clc1cccc(Cn2nc(-c3ccccc3)cc2Cl)c1. The minimum absolute atomic E-state index is 0.603. The van der Waals surface area contributed by atoms with Crippen LogP contribution in [0, 0.1) is 0 Å². The minimum atomic E-state index is 0.603. The topological polar surface area (TPSA) is 17.8 Å². The fraction of sp³-hybridized carbons (Fsp3) is 0.0625. The smallest absolute Gasteiger partial charge is 0.128 e. The predicted octanol–water partition coefficient (Wildman–Crippen LogP) is 4.91. The first kappa shape index (κ1) is 13.2. The molecule has 0 saturated heterocycles. The highest BCUT2D eigenvalue weighted by Crippen LogP contribution is 2.22. The molecule has 0 bridgehead atoms. The zero-order valence-corrected chi connectivity index (χ0v) is 12.1. The van der Waals surface area contributed by atoms with E-state index in [1.807, 2.05) is 60.7 Å². The Morgan fingerprint density at radius 2 is 1.70 bits per heavy atom. The van der Waals surface area contributed by atoms with Crippen molar-refractivity contribution >= 4 is 23.2 Å². The highest BCUT2D eigenvalue weighted by Gasteiger charge is 2.08. The Kier molecular flexibility index (Phi) is 3.77. The Hall–Kier alpha value is -1.77. The quantitative estimate of drug-likeness (QED) is 0.672. The molecule has 0 radical (unpaired) electrons. The molecule has 3 aromatic rings. The monoisotopic (exact) mass is 302 g/mol. The van der Waals surface area contributed by atoms with Gasteiger partial charge in [-0.2, -0.15) is 5.10 Å². The van der Waals surface area contributed by atoms with E-state index in [4.69, 9.17) is 23.2 Å². The van der Waals surface area contributed by atoms with E-state index < -0.39 is 0 Å². The molecule has 0 atom stereocenters. The first-order chi connectivity index (χ1) is 9.72. The number of halogens is 2. The third kappa shape index (κ3) is 2.87. The summed E-state index contributed by atoms with van der Waals surface area (Å²) in [6, 6.07) is 19.6. The molecule has 0 aliphatic rings. The molecule has 4 heteroatoms. The van der Waals surface area contributed by atoms with Crippen molar-refractivity contribution in [3.05, 3.63) is 76.4 Å². The summed E-state index contributed by atoms with van der Waals surface area (Å²) >= 11 is 12.2. The molecule has 3 rings (SSSR count). The molecule has 1 heterocycles.